The van der Waals surface area contributed by atoms with Gasteiger partial charge in [0.15, 0.2) is 0 Å². The van der Waals surface area contributed by atoms with E-state index in [0.29, 0.717) is 13.0 Å². The number of aromatic amines is 1. The number of nitrogens with one attached hydrogen (secondary N) is 2. The van der Waals surface area contributed by atoms with Crippen LogP contribution in [0.25, 0.3) is 0 Å². The number of carbonyl (C=O) groups is 1. The fourth-order valence-electron chi connectivity index (χ4n) is 0.849. The molecule has 0 unspecified atom stereocenters. The lowest BCUT2D eigenvalue weighted by atomic mass is 10.3. The van der Waals surface area contributed by atoms with Crippen molar-refractivity contribution >= 4 is 5.91 Å². The Labute approximate surface area is 80.8 Å². The van der Waals surface area contributed by atoms with Crippen molar-refractivity contribution in [2.45, 2.75) is 6.42 Å². The van der Waals surface area contributed by atoms with Gasteiger partial charge in [-0.2, -0.15) is 5.10 Å². The van der Waals surface area contributed by atoms with Crippen LogP contribution in [0.1, 0.15) is 16.9 Å². The smallest absolute Gasteiger partial charge is 0.271 e. The summed E-state index contributed by atoms with van der Waals surface area (Å²) in [4.78, 5) is 21.9. The Morgan fingerprint density at radius 3 is 3.00 bits per heavy atom. The van der Waals surface area contributed by atoms with Crippen molar-refractivity contribution in [3.8, 4) is 0 Å². The van der Waals surface area contributed by atoms with Gasteiger partial charge in [-0.1, -0.05) is 6.08 Å². The molecule has 1 amide bonds. The van der Waals surface area contributed by atoms with Gasteiger partial charge < -0.3 is 5.32 Å². The predicted molar refractivity (Wildman–Crippen MR) is 52.0 cm³/mol. The van der Waals surface area contributed by atoms with Gasteiger partial charge in [0.25, 0.3) is 11.5 Å². The maximum absolute atomic E-state index is 11.3. The Morgan fingerprint density at radius 1 is 1.64 bits per heavy atom. The number of rotatable bonds is 4. The Bertz CT molecular complexity index is 363. The van der Waals surface area contributed by atoms with Gasteiger partial charge in [-0.15, -0.1) is 6.58 Å². The number of H-pyrrole nitrogens is 1. The maximum atomic E-state index is 11.3. The highest BCUT2D eigenvalue weighted by Gasteiger charge is 2.04. The lowest BCUT2D eigenvalue weighted by molar-refractivity contribution is 0.0948. The van der Waals surface area contributed by atoms with E-state index in [1.807, 2.05) is 0 Å². The zero-order chi connectivity index (χ0) is 10.4. The molecule has 0 saturated heterocycles. The third kappa shape index (κ3) is 2.85. The standard InChI is InChI=1S/C9H11N3O2/c1-2-3-6-10-9(14)7-4-5-8(13)12-11-7/h2,4-5H,1,3,6H2,(H,10,14)(H,12,13). The molecular formula is C9H11N3O2. The van der Waals surface area contributed by atoms with Crippen molar-refractivity contribution in [3.63, 3.8) is 0 Å². The lowest BCUT2D eigenvalue weighted by Gasteiger charge is -2.00. The monoisotopic (exact) mass is 193 g/mol. The molecule has 5 heteroatoms. The number of aromatic nitrogens is 2. The highest BCUT2D eigenvalue weighted by molar-refractivity contribution is 5.91. The Hall–Kier alpha value is -1.91. The maximum Gasteiger partial charge on any atom is 0.271 e. The molecule has 0 aliphatic heterocycles. The van der Waals surface area contributed by atoms with E-state index in [2.05, 4.69) is 22.1 Å². The van der Waals surface area contributed by atoms with E-state index in [1.165, 1.54) is 12.1 Å². The van der Waals surface area contributed by atoms with Crippen molar-refractivity contribution in [3.05, 3.63) is 40.8 Å². The lowest BCUT2D eigenvalue weighted by Crippen LogP contribution is -2.26. The van der Waals surface area contributed by atoms with Gasteiger partial charge in [0.1, 0.15) is 5.69 Å². The molecule has 0 saturated carbocycles. The second kappa shape index (κ2) is 4.96. The van der Waals surface area contributed by atoms with Gasteiger partial charge in [0, 0.05) is 12.6 Å². The molecule has 0 fully saturated rings. The van der Waals surface area contributed by atoms with Crippen LogP contribution in [0.3, 0.4) is 0 Å². The number of amides is 1. The molecule has 0 aliphatic rings. The van der Waals surface area contributed by atoms with E-state index in [-0.39, 0.29) is 17.2 Å². The van der Waals surface area contributed by atoms with Crippen LogP contribution >= 0.6 is 0 Å². The van der Waals surface area contributed by atoms with Crippen LogP contribution < -0.4 is 10.9 Å². The van der Waals surface area contributed by atoms with E-state index >= 15 is 0 Å². The third-order valence-electron chi connectivity index (χ3n) is 1.55. The van der Waals surface area contributed by atoms with Gasteiger partial charge in [-0.25, -0.2) is 5.10 Å². The van der Waals surface area contributed by atoms with E-state index in [1.54, 1.807) is 6.08 Å². The average Bonchev–Trinajstić information content (AvgIpc) is 2.19. The summed E-state index contributed by atoms with van der Waals surface area (Å²) in [7, 11) is 0. The summed E-state index contributed by atoms with van der Waals surface area (Å²) in [6, 6.07) is 2.64. The minimum atomic E-state index is -0.326. The molecule has 0 atom stereocenters. The van der Waals surface area contributed by atoms with E-state index < -0.39 is 0 Å². The first-order valence-corrected chi connectivity index (χ1v) is 4.19. The molecule has 5 nitrogen and oxygen atoms in total. The molecule has 0 bridgehead atoms. The quantitative estimate of drug-likeness (QED) is 0.525. The largest absolute Gasteiger partial charge is 0.350 e. The number of carbonyl (C=O) groups excluding carboxylic acids is 1. The first kappa shape index (κ1) is 10.2. The topological polar surface area (TPSA) is 74.8 Å². The summed E-state index contributed by atoms with van der Waals surface area (Å²) in [5.74, 6) is -0.303. The summed E-state index contributed by atoms with van der Waals surface area (Å²) in [5, 5.41) is 8.39. The Balaban J connectivity index is 2.56. The zero-order valence-electron chi connectivity index (χ0n) is 7.62. The summed E-state index contributed by atoms with van der Waals surface area (Å²) in [6.07, 6.45) is 2.41. The van der Waals surface area contributed by atoms with Crippen LogP contribution in [0.5, 0.6) is 0 Å². The Kier molecular flexibility index (Phi) is 3.60. The number of hydrogen-bond donors (Lipinski definition) is 2. The van der Waals surface area contributed by atoms with Gasteiger partial charge in [-0.3, -0.25) is 9.59 Å². The molecular weight excluding hydrogens is 182 g/mol. The second-order valence-electron chi connectivity index (χ2n) is 2.64. The molecule has 1 aromatic rings. The van der Waals surface area contributed by atoms with Crippen molar-refractivity contribution in [2.75, 3.05) is 6.54 Å². The number of hydrogen-bond acceptors (Lipinski definition) is 3. The fourth-order valence-corrected chi connectivity index (χ4v) is 0.849. The van der Waals surface area contributed by atoms with E-state index in [4.69, 9.17) is 0 Å². The molecule has 14 heavy (non-hydrogen) atoms. The summed E-state index contributed by atoms with van der Waals surface area (Å²) < 4.78 is 0. The molecule has 0 radical (unpaired) electrons. The van der Waals surface area contributed by atoms with Gasteiger partial charge >= 0.3 is 0 Å². The fraction of sp³-hybridized carbons (Fsp3) is 0.222. The van der Waals surface area contributed by atoms with Crippen LogP contribution in [0.15, 0.2) is 29.6 Å². The van der Waals surface area contributed by atoms with Crippen molar-refractivity contribution in [1.29, 1.82) is 0 Å². The molecule has 0 aliphatic carbocycles. The molecule has 1 aromatic heterocycles. The van der Waals surface area contributed by atoms with E-state index in [9.17, 15) is 9.59 Å². The molecule has 2 N–H and O–H groups in total. The Morgan fingerprint density at radius 2 is 2.43 bits per heavy atom. The highest BCUT2D eigenvalue weighted by atomic mass is 16.2. The number of nitrogens with zero attached hydrogens (tertiary/aromatic N) is 1. The third-order valence-corrected chi connectivity index (χ3v) is 1.55. The van der Waals surface area contributed by atoms with E-state index in [0.717, 1.165) is 0 Å². The van der Waals surface area contributed by atoms with Crippen LogP contribution in [-0.2, 0) is 0 Å². The first-order valence-electron chi connectivity index (χ1n) is 4.19. The van der Waals surface area contributed by atoms with Crippen LogP contribution in [0.2, 0.25) is 0 Å². The molecule has 1 rings (SSSR count). The summed E-state index contributed by atoms with van der Waals surface area (Å²) in [6.45, 7) is 4.04. The molecule has 0 aromatic carbocycles. The van der Waals surface area contributed by atoms with Crippen molar-refractivity contribution in [2.24, 2.45) is 0 Å². The SMILES string of the molecule is C=CCCNC(=O)c1ccc(=O)[nH]n1. The van der Waals surface area contributed by atoms with Gasteiger partial charge in [0.05, 0.1) is 0 Å². The predicted octanol–water partition coefficient (Wildman–Crippen LogP) is 0.0758. The summed E-state index contributed by atoms with van der Waals surface area (Å²) >= 11 is 0. The molecule has 1 heterocycles. The zero-order valence-corrected chi connectivity index (χ0v) is 7.62. The normalized spacial score (nSPS) is 9.43. The summed E-state index contributed by atoms with van der Waals surface area (Å²) in [5.41, 5.74) is -0.124. The van der Waals surface area contributed by atoms with Gasteiger partial charge in [0.2, 0.25) is 0 Å². The minimum Gasteiger partial charge on any atom is -0.350 e. The second-order valence-corrected chi connectivity index (χ2v) is 2.64. The van der Waals surface area contributed by atoms with Crippen molar-refractivity contribution in [1.82, 2.24) is 15.5 Å². The molecule has 0 spiro atoms. The average molecular weight is 193 g/mol. The molecule has 74 valence electrons. The van der Waals surface area contributed by atoms with Crippen molar-refractivity contribution < 1.29 is 4.79 Å². The van der Waals surface area contributed by atoms with Gasteiger partial charge in [-0.05, 0) is 12.5 Å². The minimum absolute atomic E-state index is 0.202. The highest BCUT2D eigenvalue weighted by Crippen LogP contribution is 1.88. The first-order chi connectivity index (χ1) is 6.74. The van der Waals surface area contributed by atoms with Crippen LogP contribution in [0.4, 0.5) is 0 Å². The van der Waals surface area contributed by atoms with Crippen LogP contribution in [0, 0.1) is 0 Å². The van der Waals surface area contributed by atoms with Crippen LogP contribution in [-0.4, -0.2) is 22.6 Å².